The summed E-state index contributed by atoms with van der Waals surface area (Å²) >= 11 is 1.32. The zero-order valence-electron chi connectivity index (χ0n) is 17.3. The Morgan fingerprint density at radius 2 is 1.62 bits per heavy atom. The molecule has 1 amide bonds. The molecule has 1 saturated heterocycles. The van der Waals surface area contributed by atoms with Crippen molar-refractivity contribution in [2.24, 2.45) is 0 Å². The number of amides is 1. The third kappa shape index (κ3) is 5.45. The molecule has 0 bridgehead atoms. The van der Waals surface area contributed by atoms with E-state index in [1.54, 1.807) is 17.3 Å². The van der Waals surface area contributed by atoms with E-state index in [0.29, 0.717) is 18.2 Å². The molecule has 1 fully saturated rings. The van der Waals surface area contributed by atoms with Gasteiger partial charge in [-0.2, -0.15) is 4.31 Å². The number of para-hydroxylation sites is 1. The maximum atomic E-state index is 12.7. The number of carbonyl (C=O) groups is 1. The Morgan fingerprint density at radius 1 is 0.969 bits per heavy atom. The van der Waals surface area contributed by atoms with E-state index in [9.17, 15) is 13.2 Å². The fourth-order valence-corrected chi connectivity index (χ4v) is 5.32. The van der Waals surface area contributed by atoms with Gasteiger partial charge in [0.1, 0.15) is 6.33 Å². The van der Waals surface area contributed by atoms with Crippen LogP contribution in [0.5, 0.6) is 0 Å². The quantitative estimate of drug-likeness (QED) is 0.494. The van der Waals surface area contributed by atoms with Gasteiger partial charge >= 0.3 is 0 Å². The predicted molar refractivity (Wildman–Crippen MR) is 125 cm³/mol. The van der Waals surface area contributed by atoms with Gasteiger partial charge in [-0.1, -0.05) is 60.3 Å². The average Bonchev–Trinajstić information content (AvgIpc) is 3.31. The second kappa shape index (κ2) is 10.1. The van der Waals surface area contributed by atoms with Crippen molar-refractivity contribution in [2.45, 2.75) is 5.16 Å². The molecule has 1 aliphatic rings. The van der Waals surface area contributed by atoms with Crippen LogP contribution in [0.15, 0.2) is 77.6 Å². The van der Waals surface area contributed by atoms with Gasteiger partial charge in [-0.15, -0.1) is 10.2 Å². The predicted octanol–water partition coefficient (Wildman–Crippen LogP) is 2.50. The van der Waals surface area contributed by atoms with Crippen LogP contribution >= 0.6 is 11.8 Å². The number of hydrogen-bond donors (Lipinski definition) is 0. The number of aromatic nitrogens is 3. The van der Waals surface area contributed by atoms with Gasteiger partial charge in [-0.25, -0.2) is 8.42 Å². The van der Waals surface area contributed by atoms with Gasteiger partial charge in [0.2, 0.25) is 15.9 Å². The second-order valence-corrected chi connectivity index (χ2v) is 9.91. The van der Waals surface area contributed by atoms with Gasteiger partial charge in [0, 0.05) is 37.3 Å². The number of benzene rings is 2. The molecule has 0 N–H and O–H groups in total. The lowest BCUT2D eigenvalue weighted by molar-refractivity contribution is -0.129. The van der Waals surface area contributed by atoms with Crippen LogP contribution in [-0.4, -0.2) is 70.2 Å². The zero-order chi connectivity index (χ0) is 22.4. The molecular formula is C22H23N5O3S2. The molecule has 0 atom stereocenters. The first-order valence-electron chi connectivity index (χ1n) is 10.1. The number of thioether (sulfide) groups is 1. The molecule has 3 aromatic rings. The summed E-state index contributed by atoms with van der Waals surface area (Å²) < 4.78 is 28.5. The van der Waals surface area contributed by atoms with Gasteiger partial charge in [0.15, 0.2) is 5.16 Å². The summed E-state index contributed by atoms with van der Waals surface area (Å²) in [5.41, 5.74) is 1.75. The topological polar surface area (TPSA) is 88.4 Å². The molecule has 2 heterocycles. The molecule has 4 rings (SSSR count). The van der Waals surface area contributed by atoms with E-state index in [4.69, 9.17) is 0 Å². The zero-order valence-corrected chi connectivity index (χ0v) is 19.0. The third-order valence-corrected chi connectivity index (χ3v) is 7.55. The normalized spacial score (nSPS) is 15.3. The highest BCUT2D eigenvalue weighted by atomic mass is 32.2. The van der Waals surface area contributed by atoms with Crippen LogP contribution in [0.2, 0.25) is 0 Å². The highest BCUT2D eigenvalue weighted by Gasteiger charge is 2.27. The minimum atomic E-state index is -3.53. The van der Waals surface area contributed by atoms with Crippen molar-refractivity contribution in [2.75, 3.05) is 31.9 Å². The maximum absolute atomic E-state index is 12.7. The van der Waals surface area contributed by atoms with E-state index in [-0.39, 0.29) is 24.7 Å². The molecule has 0 aliphatic carbocycles. The Bertz CT molecular complexity index is 1170. The van der Waals surface area contributed by atoms with Crippen LogP contribution in [0, 0.1) is 0 Å². The first-order chi connectivity index (χ1) is 15.5. The molecule has 1 aliphatic heterocycles. The smallest absolute Gasteiger partial charge is 0.236 e. The highest BCUT2D eigenvalue weighted by molar-refractivity contribution is 7.99. The summed E-state index contributed by atoms with van der Waals surface area (Å²) in [6, 6.07) is 19.0. The van der Waals surface area contributed by atoms with Crippen LogP contribution in [0.25, 0.3) is 11.8 Å². The Balaban J connectivity index is 1.30. The van der Waals surface area contributed by atoms with Crippen molar-refractivity contribution in [3.63, 3.8) is 0 Å². The fraction of sp³-hybridized carbons (Fsp3) is 0.227. The molecule has 10 heteroatoms. The van der Waals surface area contributed by atoms with Crippen molar-refractivity contribution >= 4 is 33.8 Å². The minimum Gasteiger partial charge on any atom is -0.339 e. The van der Waals surface area contributed by atoms with Crippen molar-refractivity contribution in [3.8, 4) is 5.69 Å². The molecule has 1 aromatic heterocycles. The van der Waals surface area contributed by atoms with Gasteiger partial charge in [0.05, 0.1) is 5.75 Å². The number of piperazine rings is 1. The fourth-order valence-electron chi connectivity index (χ4n) is 3.31. The van der Waals surface area contributed by atoms with E-state index < -0.39 is 10.0 Å². The van der Waals surface area contributed by atoms with Gasteiger partial charge in [0.25, 0.3) is 0 Å². The Labute approximate surface area is 191 Å². The third-order valence-electron chi connectivity index (χ3n) is 5.06. The molecular weight excluding hydrogens is 446 g/mol. The molecule has 0 saturated carbocycles. The number of carbonyl (C=O) groups excluding carboxylic acids is 1. The minimum absolute atomic E-state index is 0.0468. The average molecular weight is 470 g/mol. The molecule has 32 heavy (non-hydrogen) atoms. The molecule has 0 unspecified atom stereocenters. The number of hydrogen-bond acceptors (Lipinski definition) is 6. The first kappa shape index (κ1) is 22.3. The summed E-state index contributed by atoms with van der Waals surface area (Å²) in [6.07, 6.45) is 3.21. The van der Waals surface area contributed by atoms with E-state index >= 15 is 0 Å². The summed E-state index contributed by atoms with van der Waals surface area (Å²) in [5, 5.41) is 9.93. The van der Waals surface area contributed by atoms with Crippen molar-refractivity contribution < 1.29 is 13.2 Å². The van der Waals surface area contributed by atoms with Crippen LogP contribution in [0.3, 0.4) is 0 Å². The van der Waals surface area contributed by atoms with Gasteiger partial charge in [-0.05, 0) is 23.8 Å². The second-order valence-electron chi connectivity index (χ2n) is 7.15. The molecule has 2 aromatic carbocycles. The molecule has 0 spiro atoms. The van der Waals surface area contributed by atoms with Gasteiger partial charge < -0.3 is 4.90 Å². The lowest BCUT2D eigenvalue weighted by Crippen LogP contribution is -2.50. The lowest BCUT2D eigenvalue weighted by Gasteiger charge is -2.33. The van der Waals surface area contributed by atoms with Crippen molar-refractivity contribution in [3.05, 3.63) is 78.0 Å². The number of rotatable bonds is 7. The Kier molecular flexibility index (Phi) is 7.03. The van der Waals surface area contributed by atoms with Gasteiger partial charge in [-0.3, -0.25) is 9.36 Å². The number of nitrogens with zero attached hydrogens (tertiary/aromatic N) is 5. The van der Waals surface area contributed by atoms with E-state index in [2.05, 4.69) is 10.2 Å². The molecule has 0 radical (unpaired) electrons. The molecule has 8 nitrogen and oxygen atoms in total. The van der Waals surface area contributed by atoms with Crippen LogP contribution in [-0.2, 0) is 14.8 Å². The maximum Gasteiger partial charge on any atom is 0.236 e. The first-order valence-corrected chi connectivity index (χ1v) is 12.6. The van der Waals surface area contributed by atoms with Crippen molar-refractivity contribution in [1.29, 1.82) is 0 Å². The van der Waals surface area contributed by atoms with Crippen LogP contribution in [0.1, 0.15) is 5.56 Å². The lowest BCUT2D eigenvalue weighted by atomic mass is 10.2. The summed E-state index contributed by atoms with van der Waals surface area (Å²) in [6.45, 7) is 1.28. The standard InChI is InChI=1S/C22H23N5O3S2/c28-21(17-31-22-24-23-18-27(22)20-9-5-2-6-10-20)25-12-14-26(15-13-25)32(29,30)16-11-19-7-3-1-4-8-19/h1-11,16,18H,12-15,17H2. The number of sulfonamides is 1. The largest absolute Gasteiger partial charge is 0.339 e. The van der Waals surface area contributed by atoms with Crippen LogP contribution < -0.4 is 0 Å². The van der Waals surface area contributed by atoms with E-state index in [1.165, 1.54) is 21.5 Å². The molecule has 166 valence electrons. The van der Waals surface area contributed by atoms with Crippen molar-refractivity contribution in [1.82, 2.24) is 24.0 Å². The monoisotopic (exact) mass is 469 g/mol. The van der Waals surface area contributed by atoms with E-state index in [1.807, 2.05) is 65.2 Å². The van der Waals surface area contributed by atoms with Crippen LogP contribution in [0.4, 0.5) is 0 Å². The van der Waals surface area contributed by atoms with E-state index in [0.717, 1.165) is 11.3 Å². The summed E-state index contributed by atoms with van der Waals surface area (Å²) in [5.74, 6) is 0.168. The Hall–Kier alpha value is -2.95. The summed E-state index contributed by atoms with van der Waals surface area (Å²) in [4.78, 5) is 14.4. The Morgan fingerprint density at radius 3 is 2.31 bits per heavy atom. The summed E-state index contributed by atoms with van der Waals surface area (Å²) in [7, 11) is -3.53. The SMILES string of the molecule is O=C(CSc1nncn1-c1ccccc1)N1CCN(S(=O)(=O)C=Cc2ccccc2)CC1. The highest BCUT2D eigenvalue weighted by Crippen LogP contribution is 2.20.